The molecule has 0 bridgehead atoms. The number of amides is 1. The molecule has 1 saturated heterocycles. The molecule has 2 heterocycles. The Kier molecular flexibility index (Phi) is 8.51. The molecule has 1 aliphatic rings. The predicted molar refractivity (Wildman–Crippen MR) is 123 cm³/mol. The Labute approximate surface area is 192 Å². The molecule has 0 aliphatic carbocycles. The molecule has 176 valence electrons. The summed E-state index contributed by atoms with van der Waals surface area (Å²) in [6, 6.07) is 4.90. The third-order valence-electron chi connectivity index (χ3n) is 4.99. The van der Waals surface area contributed by atoms with Crippen LogP contribution in [-0.2, 0) is 25.3 Å². The maximum Gasteiger partial charge on any atom is 0.243 e. The molecule has 0 radical (unpaired) electrons. The number of aryl methyl sites for hydroxylation is 1. The number of ether oxygens (including phenoxy) is 1. The van der Waals surface area contributed by atoms with Gasteiger partial charge in [0.15, 0.2) is 5.82 Å². The van der Waals surface area contributed by atoms with Gasteiger partial charge in [0.25, 0.3) is 0 Å². The van der Waals surface area contributed by atoms with E-state index < -0.39 is 10.0 Å². The summed E-state index contributed by atoms with van der Waals surface area (Å²) in [4.78, 5) is 19.0. The van der Waals surface area contributed by atoms with Crippen LogP contribution >= 0.6 is 11.8 Å². The fourth-order valence-electron chi connectivity index (χ4n) is 3.37. The second-order valence-corrected chi connectivity index (χ2v) is 10.1. The van der Waals surface area contributed by atoms with E-state index in [4.69, 9.17) is 9.26 Å². The Bertz CT molecular complexity index is 1020. The SMILES string of the molecule is CCN(CC)c1ccc(S(=O)(=O)N2CCOCC2)cc1NC(=O)CSCc1noc(C)n1. The van der Waals surface area contributed by atoms with E-state index in [2.05, 4.69) is 20.4 Å². The fraction of sp³-hybridized carbons (Fsp3) is 0.550. The summed E-state index contributed by atoms with van der Waals surface area (Å²) in [7, 11) is -3.68. The van der Waals surface area contributed by atoms with Crippen molar-refractivity contribution in [2.75, 3.05) is 55.4 Å². The lowest BCUT2D eigenvalue weighted by atomic mass is 10.2. The normalized spacial score (nSPS) is 15.0. The van der Waals surface area contributed by atoms with Crippen molar-refractivity contribution < 1.29 is 22.5 Å². The second-order valence-electron chi connectivity index (χ2n) is 7.14. The molecule has 1 aliphatic heterocycles. The number of nitrogens with one attached hydrogen (secondary N) is 1. The quantitative estimate of drug-likeness (QED) is 0.542. The molecule has 0 saturated carbocycles. The lowest BCUT2D eigenvalue weighted by Crippen LogP contribution is -2.40. The minimum absolute atomic E-state index is 0.153. The Hall–Kier alpha value is -2.15. The van der Waals surface area contributed by atoms with E-state index in [-0.39, 0.29) is 16.6 Å². The third kappa shape index (κ3) is 6.00. The smallest absolute Gasteiger partial charge is 0.243 e. The van der Waals surface area contributed by atoms with Crippen LogP contribution in [0.25, 0.3) is 0 Å². The first-order valence-corrected chi connectivity index (χ1v) is 13.1. The van der Waals surface area contributed by atoms with E-state index in [9.17, 15) is 13.2 Å². The first-order valence-electron chi connectivity index (χ1n) is 10.5. The van der Waals surface area contributed by atoms with Crippen LogP contribution in [0, 0.1) is 6.92 Å². The zero-order valence-electron chi connectivity index (χ0n) is 18.5. The predicted octanol–water partition coefficient (Wildman–Crippen LogP) is 2.12. The number of carbonyl (C=O) groups is 1. The second kappa shape index (κ2) is 11.1. The first-order chi connectivity index (χ1) is 15.3. The third-order valence-corrected chi connectivity index (χ3v) is 7.81. The molecule has 2 aromatic rings. The van der Waals surface area contributed by atoms with Gasteiger partial charge in [-0.05, 0) is 32.0 Å². The molecule has 1 amide bonds. The highest BCUT2D eigenvalue weighted by Gasteiger charge is 2.27. The van der Waals surface area contributed by atoms with Gasteiger partial charge in [0.05, 0.1) is 41.0 Å². The highest BCUT2D eigenvalue weighted by Crippen LogP contribution is 2.30. The number of sulfonamides is 1. The van der Waals surface area contributed by atoms with Crippen molar-refractivity contribution in [1.82, 2.24) is 14.4 Å². The number of aromatic nitrogens is 2. The van der Waals surface area contributed by atoms with E-state index in [1.807, 2.05) is 13.8 Å². The molecule has 1 aromatic carbocycles. The number of anilines is 2. The van der Waals surface area contributed by atoms with Crippen LogP contribution in [0.5, 0.6) is 0 Å². The van der Waals surface area contributed by atoms with Crippen LogP contribution in [0.4, 0.5) is 11.4 Å². The standard InChI is InChI=1S/C20H29N5O5S2/c1-4-24(5-2)18-7-6-16(32(27,28)25-8-10-29-11-9-25)12-17(18)22-20(26)14-31-13-19-21-15(3)30-23-19/h6-7,12H,4-5,8-11,13-14H2,1-3H3,(H,22,26). The van der Waals surface area contributed by atoms with Gasteiger partial charge in [0, 0.05) is 33.1 Å². The molecule has 32 heavy (non-hydrogen) atoms. The highest BCUT2D eigenvalue weighted by atomic mass is 32.2. The number of thioether (sulfide) groups is 1. The monoisotopic (exact) mass is 483 g/mol. The summed E-state index contributed by atoms with van der Waals surface area (Å²) in [6.07, 6.45) is 0. The molecule has 1 N–H and O–H groups in total. The zero-order chi connectivity index (χ0) is 23.1. The number of rotatable bonds is 10. The summed E-state index contributed by atoms with van der Waals surface area (Å²) in [5.41, 5.74) is 1.26. The lowest BCUT2D eigenvalue weighted by Gasteiger charge is -2.28. The van der Waals surface area contributed by atoms with Crippen LogP contribution in [0.1, 0.15) is 25.6 Å². The van der Waals surface area contributed by atoms with Gasteiger partial charge in [-0.25, -0.2) is 8.42 Å². The van der Waals surface area contributed by atoms with Gasteiger partial charge >= 0.3 is 0 Å². The summed E-state index contributed by atoms with van der Waals surface area (Å²) in [5, 5.41) is 6.71. The first kappa shape index (κ1) is 24.5. The molecular weight excluding hydrogens is 454 g/mol. The van der Waals surface area contributed by atoms with Gasteiger partial charge in [-0.3, -0.25) is 4.79 Å². The Balaban J connectivity index is 1.77. The molecule has 10 nitrogen and oxygen atoms in total. The minimum Gasteiger partial charge on any atom is -0.379 e. The Morgan fingerprint density at radius 1 is 1.25 bits per heavy atom. The van der Waals surface area contributed by atoms with Gasteiger partial charge in [-0.1, -0.05) is 5.16 Å². The molecular formula is C20H29N5O5S2. The minimum atomic E-state index is -3.68. The van der Waals surface area contributed by atoms with Crippen molar-refractivity contribution in [2.45, 2.75) is 31.4 Å². The van der Waals surface area contributed by atoms with Gasteiger partial charge in [-0.2, -0.15) is 9.29 Å². The van der Waals surface area contributed by atoms with E-state index >= 15 is 0 Å². The summed E-state index contributed by atoms with van der Waals surface area (Å²) in [5.74, 6) is 1.39. The number of carbonyl (C=O) groups excluding carboxylic acids is 1. The number of benzene rings is 1. The summed E-state index contributed by atoms with van der Waals surface area (Å²) in [6.45, 7) is 8.55. The topological polar surface area (TPSA) is 118 Å². The maximum atomic E-state index is 13.1. The molecule has 12 heteroatoms. The van der Waals surface area contributed by atoms with Crippen molar-refractivity contribution in [2.24, 2.45) is 0 Å². The van der Waals surface area contributed by atoms with Gasteiger partial charge in [0.2, 0.25) is 21.8 Å². The fourth-order valence-corrected chi connectivity index (χ4v) is 5.47. The van der Waals surface area contributed by atoms with Crippen molar-refractivity contribution in [3.05, 3.63) is 29.9 Å². The van der Waals surface area contributed by atoms with Crippen molar-refractivity contribution in [1.29, 1.82) is 0 Å². The largest absolute Gasteiger partial charge is 0.379 e. The number of nitrogens with zero attached hydrogens (tertiary/aromatic N) is 4. The summed E-state index contributed by atoms with van der Waals surface area (Å²) < 4.78 is 37.8. The lowest BCUT2D eigenvalue weighted by molar-refractivity contribution is -0.113. The molecule has 0 spiro atoms. The van der Waals surface area contributed by atoms with Crippen molar-refractivity contribution in [3.63, 3.8) is 0 Å². The van der Waals surface area contributed by atoms with E-state index in [0.29, 0.717) is 49.5 Å². The van der Waals surface area contributed by atoms with Crippen molar-refractivity contribution in [3.8, 4) is 0 Å². The maximum absolute atomic E-state index is 13.1. The van der Waals surface area contributed by atoms with E-state index in [1.165, 1.54) is 16.1 Å². The van der Waals surface area contributed by atoms with E-state index in [0.717, 1.165) is 18.8 Å². The Morgan fingerprint density at radius 2 is 1.97 bits per heavy atom. The average molecular weight is 484 g/mol. The van der Waals surface area contributed by atoms with Gasteiger partial charge in [-0.15, -0.1) is 11.8 Å². The molecule has 3 rings (SSSR count). The number of morpholine rings is 1. The number of hydrogen-bond donors (Lipinski definition) is 1. The van der Waals surface area contributed by atoms with Gasteiger partial charge < -0.3 is 19.5 Å². The Morgan fingerprint density at radius 3 is 2.59 bits per heavy atom. The number of hydrogen-bond acceptors (Lipinski definition) is 9. The molecule has 0 atom stereocenters. The van der Waals surface area contributed by atoms with E-state index in [1.54, 1.807) is 25.1 Å². The molecule has 1 fully saturated rings. The van der Waals surface area contributed by atoms with Crippen LogP contribution in [0.15, 0.2) is 27.6 Å². The average Bonchev–Trinajstić information content (AvgIpc) is 3.21. The summed E-state index contributed by atoms with van der Waals surface area (Å²) >= 11 is 1.35. The molecule has 0 unspecified atom stereocenters. The van der Waals surface area contributed by atoms with Crippen LogP contribution in [0.2, 0.25) is 0 Å². The highest BCUT2D eigenvalue weighted by molar-refractivity contribution is 7.99. The molecule has 1 aromatic heterocycles. The zero-order valence-corrected chi connectivity index (χ0v) is 20.2. The van der Waals surface area contributed by atoms with Crippen LogP contribution in [0.3, 0.4) is 0 Å². The van der Waals surface area contributed by atoms with Gasteiger partial charge in [0.1, 0.15) is 0 Å². The van der Waals surface area contributed by atoms with Crippen molar-refractivity contribution >= 4 is 39.1 Å². The van der Waals surface area contributed by atoms with Crippen LogP contribution < -0.4 is 10.2 Å². The van der Waals surface area contributed by atoms with Crippen LogP contribution in [-0.4, -0.2) is 73.9 Å².